The summed E-state index contributed by atoms with van der Waals surface area (Å²) in [6.45, 7) is 3.24. The molecule has 1 fully saturated rings. The van der Waals surface area contributed by atoms with Gasteiger partial charge in [-0.1, -0.05) is 6.07 Å². The van der Waals surface area contributed by atoms with E-state index >= 15 is 0 Å². The molecular formula is C21H23N5O2. The lowest BCUT2D eigenvalue weighted by molar-refractivity contribution is 0.0265. The Labute approximate surface area is 164 Å². The van der Waals surface area contributed by atoms with Crippen molar-refractivity contribution in [2.45, 2.75) is 25.9 Å². The van der Waals surface area contributed by atoms with Crippen molar-refractivity contribution < 1.29 is 9.53 Å². The van der Waals surface area contributed by atoms with Gasteiger partial charge in [0.2, 0.25) is 0 Å². The van der Waals surface area contributed by atoms with Crippen LogP contribution in [0.15, 0.2) is 48.8 Å². The Morgan fingerprint density at radius 3 is 2.82 bits per heavy atom. The van der Waals surface area contributed by atoms with Crippen LogP contribution in [0.2, 0.25) is 0 Å². The Bertz CT molecular complexity index is 953. The van der Waals surface area contributed by atoms with Crippen molar-refractivity contribution >= 4 is 5.91 Å². The molecule has 0 aliphatic carbocycles. The highest BCUT2D eigenvalue weighted by atomic mass is 16.5. The minimum absolute atomic E-state index is 0.0799. The molecule has 0 bridgehead atoms. The Kier molecular flexibility index (Phi) is 5.16. The van der Waals surface area contributed by atoms with Gasteiger partial charge in [-0.3, -0.25) is 14.8 Å². The van der Waals surface area contributed by atoms with Gasteiger partial charge in [-0.15, -0.1) is 0 Å². The molecule has 1 unspecified atom stereocenters. The molecule has 28 heavy (non-hydrogen) atoms. The second kappa shape index (κ2) is 7.90. The van der Waals surface area contributed by atoms with Crippen molar-refractivity contribution in [1.82, 2.24) is 24.6 Å². The molecule has 0 radical (unpaired) electrons. The first-order chi connectivity index (χ1) is 13.7. The number of aromatic nitrogens is 4. The third-order valence-electron chi connectivity index (χ3n) is 4.99. The van der Waals surface area contributed by atoms with E-state index in [-0.39, 0.29) is 12.0 Å². The van der Waals surface area contributed by atoms with Crippen molar-refractivity contribution in [3.63, 3.8) is 0 Å². The zero-order valence-corrected chi connectivity index (χ0v) is 16.1. The smallest absolute Gasteiger partial charge is 0.274 e. The van der Waals surface area contributed by atoms with Gasteiger partial charge in [0.25, 0.3) is 5.91 Å². The molecule has 7 heteroatoms. The van der Waals surface area contributed by atoms with Crippen LogP contribution in [0, 0.1) is 6.92 Å². The molecule has 3 aromatic heterocycles. The summed E-state index contributed by atoms with van der Waals surface area (Å²) in [5.41, 5.74) is 3.63. The molecule has 1 saturated heterocycles. The summed E-state index contributed by atoms with van der Waals surface area (Å²) in [6, 6.07) is 11.4. The Balaban J connectivity index is 1.73. The van der Waals surface area contributed by atoms with Crippen LogP contribution >= 0.6 is 0 Å². The van der Waals surface area contributed by atoms with E-state index in [1.807, 2.05) is 42.2 Å². The molecule has 0 spiro atoms. The average Bonchev–Trinajstić information content (AvgIpc) is 3.20. The maximum atomic E-state index is 13.1. The second-order valence-electron chi connectivity index (χ2n) is 6.95. The van der Waals surface area contributed by atoms with Gasteiger partial charge in [-0.25, -0.2) is 4.68 Å². The quantitative estimate of drug-likeness (QED) is 0.699. The lowest BCUT2D eigenvalue weighted by Gasteiger charge is -2.31. The highest BCUT2D eigenvalue weighted by Gasteiger charge is 2.27. The lowest BCUT2D eigenvalue weighted by atomic mass is 10.1. The molecule has 7 nitrogen and oxygen atoms in total. The zero-order chi connectivity index (χ0) is 19.5. The van der Waals surface area contributed by atoms with Gasteiger partial charge in [0.1, 0.15) is 0 Å². The number of likely N-dealkylation sites (tertiary alicyclic amines) is 1. The van der Waals surface area contributed by atoms with Crippen molar-refractivity contribution in [3.8, 4) is 17.1 Å². The number of ether oxygens (including phenoxy) is 1. The number of carbonyl (C=O) groups excluding carboxylic acids is 1. The molecule has 1 amide bonds. The van der Waals surface area contributed by atoms with Gasteiger partial charge in [0, 0.05) is 32.1 Å². The van der Waals surface area contributed by atoms with Crippen LogP contribution in [-0.2, 0) is 4.74 Å². The topological polar surface area (TPSA) is 73.1 Å². The molecule has 144 valence electrons. The molecule has 4 heterocycles. The normalized spacial score (nSPS) is 16.9. The minimum Gasteiger partial charge on any atom is -0.380 e. The predicted molar refractivity (Wildman–Crippen MR) is 105 cm³/mol. The van der Waals surface area contributed by atoms with Gasteiger partial charge in [0.15, 0.2) is 5.69 Å². The third kappa shape index (κ3) is 3.66. The Hall–Kier alpha value is -3.06. The number of piperidine rings is 1. The molecule has 0 aromatic carbocycles. The molecule has 4 rings (SSSR count). The first-order valence-electron chi connectivity index (χ1n) is 9.42. The Morgan fingerprint density at radius 1 is 1.21 bits per heavy atom. The first kappa shape index (κ1) is 18.3. The Morgan fingerprint density at radius 2 is 2.11 bits per heavy atom. The molecule has 1 aliphatic rings. The maximum absolute atomic E-state index is 13.1. The number of amides is 1. The summed E-state index contributed by atoms with van der Waals surface area (Å²) in [6.07, 6.45) is 5.47. The molecule has 0 N–H and O–H groups in total. The van der Waals surface area contributed by atoms with Crippen LogP contribution in [0.25, 0.3) is 17.1 Å². The maximum Gasteiger partial charge on any atom is 0.274 e. The third-order valence-corrected chi connectivity index (χ3v) is 4.99. The van der Waals surface area contributed by atoms with Crippen LogP contribution < -0.4 is 0 Å². The fraction of sp³-hybridized carbons (Fsp3) is 0.333. The summed E-state index contributed by atoms with van der Waals surface area (Å²) < 4.78 is 7.18. The van der Waals surface area contributed by atoms with Gasteiger partial charge < -0.3 is 9.64 Å². The summed E-state index contributed by atoms with van der Waals surface area (Å²) in [5, 5.41) is 4.62. The van der Waals surface area contributed by atoms with Gasteiger partial charge in [0.05, 0.1) is 29.4 Å². The predicted octanol–water partition coefficient (Wildman–Crippen LogP) is 2.89. The number of rotatable bonds is 4. The highest BCUT2D eigenvalue weighted by molar-refractivity contribution is 5.93. The average molecular weight is 377 g/mol. The van der Waals surface area contributed by atoms with Crippen LogP contribution in [0.4, 0.5) is 0 Å². The SMILES string of the molecule is COC1CCCN(C(=O)c2cc(-c3ccccn3)n(-c3ccc(C)nc3)n2)C1. The number of pyridine rings is 2. The molecular weight excluding hydrogens is 354 g/mol. The largest absolute Gasteiger partial charge is 0.380 e. The van der Waals surface area contributed by atoms with E-state index in [0.717, 1.165) is 42.2 Å². The van der Waals surface area contributed by atoms with E-state index in [1.165, 1.54) is 0 Å². The molecule has 0 saturated carbocycles. The molecule has 1 atom stereocenters. The fourth-order valence-electron chi connectivity index (χ4n) is 3.44. The van der Waals surface area contributed by atoms with E-state index in [9.17, 15) is 4.79 Å². The van der Waals surface area contributed by atoms with Crippen molar-refractivity contribution in [2.24, 2.45) is 0 Å². The second-order valence-corrected chi connectivity index (χ2v) is 6.95. The fourth-order valence-corrected chi connectivity index (χ4v) is 3.44. The summed E-state index contributed by atoms with van der Waals surface area (Å²) in [4.78, 5) is 23.7. The van der Waals surface area contributed by atoms with E-state index in [4.69, 9.17) is 4.74 Å². The van der Waals surface area contributed by atoms with Gasteiger partial charge in [-0.05, 0) is 50.1 Å². The number of methoxy groups -OCH3 is 1. The van der Waals surface area contributed by atoms with E-state index in [1.54, 1.807) is 30.3 Å². The zero-order valence-electron chi connectivity index (χ0n) is 16.1. The lowest BCUT2D eigenvalue weighted by Crippen LogP contribution is -2.43. The minimum atomic E-state index is -0.0854. The van der Waals surface area contributed by atoms with E-state index in [2.05, 4.69) is 15.1 Å². The van der Waals surface area contributed by atoms with Crippen LogP contribution in [0.3, 0.4) is 0 Å². The first-order valence-corrected chi connectivity index (χ1v) is 9.42. The van der Waals surface area contributed by atoms with Crippen molar-refractivity contribution in [2.75, 3.05) is 20.2 Å². The number of hydrogen-bond acceptors (Lipinski definition) is 5. The standard InChI is InChI=1S/C21H23N5O2/c1-15-8-9-16(13-23-15)26-20(18-7-3-4-10-22-18)12-19(24-26)21(27)25-11-5-6-17(14-25)28-2/h3-4,7-10,12-13,17H,5-6,11,14H2,1-2H3. The number of aryl methyl sites for hydroxylation is 1. The van der Waals surface area contributed by atoms with Crippen LogP contribution in [-0.4, -0.2) is 56.9 Å². The summed E-state index contributed by atoms with van der Waals surface area (Å²) >= 11 is 0. The van der Waals surface area contributed by atoms with Crippen LogP contribution in [0.5, 0.6) is 0 Å². The summed E-state index contributed by atoms with van der Waals surface area (Å²) in [5.74, 6) is -0.0854. The van der Waals surface area contributed by atoms with Crippen molar-refractivity contribution in [3.05, 3.63) is 60.2 Å². The van der Waals surface area contributed by atoms with E-state index in [0.29, 0.717) is 12.2 Å². The number of carbonyl (C=O) groups is 1. The molecule has 3 aromatic rings. The monoisotopic (exact) mass is 377 g/mol. The number of nitrogens with zero attached hydrogens (tertiary/aromatic N) is 5. The van der Waals surface area contributed by atoms with Gasteiger partial charge >= 0.3 is 0 Å². The number of hydrogen-bond donors (Lipinski definition) is 0. The highest BCUT2D eigenvalue weighted by Crippen LogP contribution is 2.24. The van der Waals surface area contributed by atoms with Crippen LogP contribution in [0.1, 0.15) is 29.0 Å². The van der Waals surface area contributed by atoms with Crippen molar-refractivity contribution in [1.29, 1.82) is 0 Å². The molecule has 1 aliphatic heterocycles. The summed E-state index contributed by atoms with van der Waals surface area (Å²) in [7, 11) is 1.69. The van der Waals surface area contributed by atoms with E-state index < -0.39 is 0 Å². The van der Waals surface area contributed by atoms with Gasteiger partial charge in [-0.2, -0.15) is 5.10 Å².